The SMILES string of the molecule is CCCCCCCCCCCCCCCC[N+](C)(C)C.CCCCCCCCCOc1ccc(C(=O)[O-])cc1. The molecule has 0 unspecified atom stereocenters. The Balaban J connectivity index is 0.000000741. The van der Waals surface area contributed by atoms with Crippen LogP contribution in [-0.2, 0) is 0 Å². The lowest BCUT2D eigenvalue weighted by Gasteiger charge is -2.23. The molecular formula is C35H65NO3. The van der Waals surface area contributed by atoms with Gasteiger partial charge in [-0.05, 0) is 49.1 Å². The maximum Gasteiger partial charge on any atom is 0.119 e. The largest absolute Gasteiger partial charge is 0.545 e. The molecule has 0 fully saturated rings. The Hall–Kier alpha value is -1.55. The molecule has 0 saturated carbocycles. The van der Waals surface area contributed by atoms with Crippen LogP contribution in [-0.4, -0.2) is 44.7 Å². The topological polar surface area (TPSA) is 49.4 Å². The van der Waals surface area contributed by atoms with Crippen LogP contribution in [0.25, 0.3) is 0 Å². The lowest BCUT2D eigenvalue weighted by Crippen LogP contribution is -2.35. The van der Waals surface area contributed by atoms with Crippen molar-refractivity contribution in [3.05, 3.63) is 29.8 Å². The van der Waals surface area contributed by atoms with E-state index in [0.29, 0.717) is 6.61 Å². The molecule has 0 aliphatic carbocycles. The van der Waals surface area contributed by atoms with E-state index < -0.39 is 5.97 Å². The van der Waals surface area contributed by atoms with E-state index in [-0.39, 0.29) is 5.56 Å². The molecule has 0 aliphatic heterocycles. The predicted molar refractivity (Wildman–Crippen MR) is 167 cm³/mol. The van der Waals surface area contributed by atoms with Gasteiger partial charge < -0.3 is 19.1 Å². The molecule has 0 heterocycles. The highest BCUT2D eigenvalue weighted by Gasteiger charge is 2.05. The van der Waals surface area contributed by atoms with Crippen molar-refractivity contribution in [1.82, 2.24) is 0 Å². The third kappa shape index (κ3) is 27.8. The zero-order valence-electron chi connectivity index (χ0n) is 26.7. The Morgan fingerprint density at radius 3 is 1.31 bits per heavy atom. The van der Waals surface area contributed by atoms with Crippen LogP contribution < -0.4 is 9.84 Å². The fraction of sp³-hybridized carbons (Fsp3) is 0.800. The van der Waals surface area contributed by atoms with Gasteiger partial charge in [-0.2, -0.15) is 0 Å². The van der Waals surface area contributed by atoms with E-state index in [1.807, 2.05) is 0 Å². The zero-order valence-corrected chi connectivity index (χ0v) is 26.7. The van der Waals surface area contributed by atoms with Gasteiger partial charge in [-0.3, -0.25) is 0 Å². The Kier molecular flexibility index (Phi) is 25.6. The van der Waals surface area contributed by atoms with Gasteiger partial charge in [-0.15, -0.1) is 0 Å². The monoisotopic (exact) mass is 547 g/mol. The number of rotatable bonds is 25. The number of quaternary nitrogens is 1. The van der Waals surface area contributed by atoms with Gasteiger partial charge in [0.15, 0.2) is 0 Å². The molecule has 0 aromatic heterocycles. The summed E-state index contributed by atoms with van der Waals surface area (Å²) in [6.45, 7) is 6.54. The van der Waals surface area contributed by atoms with Crippen LogP contribution >= 0.6 is 0 Å². The highest BCUT2D eigenvalue weighted by atomic mass is 16.5. The molecule has 0 bridgehead atoms. The van der Waals surface area contributed by atoms with Gasteiger partial charge in [0.2, 0.25) is 0 Å². The van der Waals surface area contributed by atoms with E-state index in [2.05, 4.69) is 35.0 Å². The van der Waals surface area contributed by atoms with Gasteiger partial charge in [0.05, 0.1) is 40.3 Å². The van der Waals surface area contributed by atoms with E-state index in [1.54, 1.807) is 12.1 Å². The second-order valence-electron chi connectivity index (χ2n) is 12.4. The molecule has 1 aromatic carbocycles. The highest BCUT2D eigenvalue weighted by molar-refractivity contribution is 5.85. The Bertz CT molecular complexity index is 651. The molecule has 0 radical (unpaired) electrons. The van der Waals surface area contributed by atoms with Gasteiger partial charge in [-0.25, -0.2) is 0 Å². The first-order valence-electron chi connectivity index (χ1n) is 16.5. The van der Waals surface area contributed by atoms with E-state index in [9.17, 15) is 9.90 Å². The van der Waals surface area contributed by atoms with Crippen molar-refractivity contribution in [1.29, 1.82) is 0 Å². The van der Waals surface area contributed by atoms with Crippen molar-refractivity contribution in [2.24, 2.45) is 0 Å². The fourth-order valence-corrected chi connectivity index (χ4v) is 4.72. The van der Waals surface area contributed by atoms with Gasteiger partial charge in [-0.1, -0.05) is 129 Å². The van der Waals surface area contributed by atoms with Gasteiger partial charge in [0, 0.05) is 0 Å². The number of ether oxygens (including phenoxy) is 1. The highest BCUT2D eigenvalue weighted by Crippen LogP contribution is 2.14. The van der Waals surface area contributed by atoms with Crippen LogP contribution in [0.5, 0.6) is 5.75 Å². The molecule has 4 heteroatoms. The molecule has 0 atom stereocenters. The number of benzene rings is 1. The van der Waals surface area contributed by atoms with E-state index >= 15 is 0 Å². The van der Waals surface area contributed by atoms with Gasteiger partial charge in [0.25, 0.3) is 0 Å². The summed E-state index contributed by atoms with van der Waals surface area (Å²) in [7, 11) is 6.88. The molecule has 0 aliphatic rings. The van der Waals surface area contributed by atoms with Crippen molar-refractivity contribution in [2.45, 2.75) is 149 Å². The van der Waals surface area contributed by atoms with Gasteiger partial charge >= 0.3 is 0 Å². The third-order valence-electron chi connectivity index (χ3n) is 7.29. The molecule has 0 N–H and O–H groups in total. The van der Waals surface area contributed by atoms with Crippen LogP contribution in [0.1, 0.15) is 159 Å². The zero-order chi connectivity index (χ0) is 29.0. The number of aromatic carboxylic acids is 1. The average molecular weight is 548 g/mol. The smallest absolute Gasteiger partial charge is 0.119 e. The summed E-state index contributed by atoms with van der Waals surface area (Å²) in [6, 6.07) is 6.36. The number of carbonyl (C=O) groups excluding carboxylic acids is 1. The first-order chi connectivity index (χ1) is 18.8. The molecule has 0 spiro atoms. The minimum Gasteiger partial charge on any atom is -0.545 e. The van der Waals surface area contributed by atoms with Crippen molar-refractivity contribution in [2.75, 3.05) is 34.3 Å². The summed E-state index contributed by atoms with van der Waals surface area (Å²) >= 11 is 0. The van der Waals surface area contributed by atoms with Crippen molar-refractivity contribution in [3.63, 3.8) is 0 Å². The molecule has 4 nitrogen and oxygen atoms in total. The number of unbranched alkanes of at least 4 members (excludes halogenated alkanes) is 19. The number of carbonyl (C=O) groups is 1. The minimum atomic E-state index is -1.15. The summed E-state index contributed by atoms with van der Waals surface area (Å²) in [5.41, 5.74) is 0.184. The molecule has 1 aromatic rings. The number of carboxylic acid groups (broad SMARTS) is 1. The van der Waals surface area contributed by atoms with Crippen LogP contribution in [0.2, 0.25) is 0 Å². The first-order valence-corrected chi connectivity index (χ1v) is 16.5. The van der Waals surface area contributed by atoms with E-state index in [0.717, 1.165) is 16.7 Å². The maximum absolute atomic E-state index is 10.6. The second-order valence-corrected chi connectivity index (χ2v) is 12.4. The Morgan fingerprint density at radius 2 is 0.949 bits per heavy atom. The second kappa shape index (κ2) is 26.7. The van der Waals surface area contributed by atoms with Gasteiger partial charge in [0.1, 0.15) is 5.75 Å². The number of hydrogen-bond donors (Lipinski definition) is 0. The molecular weight excluding hydrogens is 482 g/mol. The Labute approximate surface area is 243 Å². The number of hydrogen-bond acceptors (Lipinski definition) is 3. The third-order valence-corrected chi connectivity index (χ3v) is 7.29. The molecule has 39 heavy (non-hydrogen) atoms. The predicted octanol–water partition coefficient (Wildman–Crippen LogP) is 9.35. The van der Waals surface area contributed by atoms with Crippen LogP contribution in [0.4, 0.5) is 0 Å². The van der Waals surface area contributed by atoms with Crippen LogP contribution in [0.15, 0.2) is 24.3 Å². The first kappa shape index (κ1) is 37.5. The summed E-state index contributed by atoms with van der Waals surface area (Å²) < 4.78 is 6.68. The van der Waals surface area contributed by atoms with Crippen molar-refractivity contribution in [3.8, 4) is 5.75 Å². The van der Waals surface area contributed by atoms with Crippen LogP contribution in [0, 0.1) is 0 Å². The lowest BCUT2D eigenvalue weighted by molar-refractivity contribution is -0.870. The summed E-state index contributed by atoms with van der Waals surface area (Å²) in [6.07, 6.45) is 29.2. The lowest BCUT2D eigenvalue weighted by atomic mass is 10.0. The van der Waals surface area contributed by atoms with Crippen LogP contribution in [0.3, 0.4) is 0 Å². The average Bonchev–Trinajstić information content (AvgIpc) is 2.90. The molecule has 1 rings (SSSR count). The normalized spacial score (nSPS) is 11.2. The standard InChI is InChI=1S/C19H42N.C16H24O3/c1-5-6-7-8-9-10-11-12-13-14-15-16-17-18-19-20(2,3)4;1-2-3-4-5-6-7-8-13-19-15-11-9-14(10-12-15)16(17)18/h5-19H2,1-4H3;9-12H,2-8,13H2,1H3,(H,17,18)/q+1;/p-1. The van der Waals surface area contributed by atoms with Crippen molar-refractivity contribution < 1.29 is 19.1 Å². The van der Waals surface area contributed by atoms with Crippen molar-refractivity contribution >= 4 is 5.97 Å². The number of carboxylic acids is 1. The fourth-order valence-electron chi connectivity index (χ4n) is 4.72. The summed E-state index contributed by atoms with van der Waals surface area (Å²) in [5, 5.41) is 10.6. The van der Waals surface area contributed by atoms with E-state index in [1.165, 1.54) is 147 Å². The van der Waals surface area contributed by atoms with E-state index in [4.69, 9.17) is 4.74 Å². The summed E-state index contributed by atoms with van der Waals surface area (Å²) in [4.78, 5) is 10.6. The Morgan fingerprint density at radius 1 is 0.590 bits per heavy atom. The molecule has 0 amide bonds. The maximum atomic E-state index is 10.6. The number of nitrogens with zero attached hydrogens (tertiary/aromatic N) is 1. The molecule has 228 valence electrons. The summed E-state index contributed by atoms with van der Waals surface area (Å²) in [5.74, 6) is -0.436. The minimum absolute atomic E-state index is 0.184. The molecule has 0 saturated heterocycles. The quantitative estimate of drug-likeness (QED) is 0.0905.